The van der Waals surface area contributed by atoms with E-state index in [0.717, 1.165) is 11.0 Å². The number of nitrogens with zero attached hydrogens (tertiary/aromatic N) is 1. The molecule has 0 atom stereocenters. The average Bonchev–Trinajstić information content (AvgIpc) is 2.85. The minimum Gasteiger partial charge on any atom is -0.399 e. The summed E-state index contributed by atoms with van der Waals surface area (Å²) in [6.45, 7) is 8.96. The van der Waals surface area contributed by atoms with Gasteiger partial charge in [-0.05, 0) is 44.8 Å². The Bertz CT molecular complexity index is 659. The van der Waals surface area contributed by atoms with Crippen molar-refractivity contribution in [3.63, 3.8) is 0 Å². The second-order valence-electron chi connectivity index (χ2n) is 6.87. The fraction of sp³-hybridized carbons (Fsp3) is 0.471. The summed E-state index contributed by atoms with van der Waals surface area (Å²) in [5.74, 6) is 2.50. The van der Waals surface area contributed by atoms with Crippen molar-refractivity contribution >= 4 is 18.5 Å². The number of rotatable bonds is 2. The number of carbonyl (C=O) groups excluding carboxylic acids is 1. The Hall–Kier alpha value is -1.77. The van der Waals surface area contributed by atoms with Crippen molar-refractivity contribution in [3.8, 4) is 12.3 Å². The molecule has 0 N–H and O–H groups in total. The highest BCUT2D eigenvalue weighted by atomic mass is 16.7. The fourth-order valence-electron chi connectivity index (χ4n) is 2.74. The van der Waals surface area contributed by atoms with Gasteiger partial charge in [-0.3, -0.25) is 4.79 Å². The van der Waals surface area contributed by atoms with E-state index in [1.165, 1.54) is 0 Å². The van der Waals surface area contributed by atoms with Gasteiger partial charge in [0.25, 0.3) is 5.91 Å². The van der Waals surface area contributed by atoms with Crippen molar-refractivity contribution in [2.45, 2.75) is 45.4 Å². The molecule has 3 rings (SSSR count). The first-order chi connectivity index (χ1) is 10.2. The third-order valence-electron chi connectivity index (χ3n) is 4.82. The summed E-state index contributed by atoms with van der Waals surface area (Å²) >= 11 is 0. The minimum absolute atomic E-state index is 0.0219. The van der Waals surface area contributed by atoms with Crippen molar-refractivity contribution in [1.29, 1.82) is 0 Å². The molecule has 2 heterocycles. The van der Waals surface area contributed by atoms with Gasteiger partial charge >= 0.3 is 7.12 Å². The lowest BCUT2D eigenvalue weighted by atomic mass is 9.78. The van der Waals surface area contributed by atoms with Crippen molar-refractivity contribution in [2.24, 2.45) is 0 Å². The van der Waals surface area contributed by atoms with Crippen LogP contribution in [0.1, 0.15) is 43.6 Å². The third-order valence-corrected chi connectivity index (χ3v) is 4.82. The first-order valence-electron chi connectivity index (χ1n) is 7.46. The van der Waals surface area contributed by atoms with Crippen molar-refractivity contribution in [1.82, 2.24) is 4.90 Å². The Morgan fingerprint density at radius 3 is 2.50 bits per heavy atom. The number of benzene rings is 1. The van der Waals surface area contributed by atoms with Crippen LogP contribution in [-0.4, -0.2) is 35.7 Å². The van der Waals surface area contributed by atoms with E-state index < -0.39 is 18.3 Å². The SMILES string of the molecule is C#CCN1Cc2ccc(B3OC(C)(C)C(C)(C)O3)cc2C1=O. The highest BCUT2D eigenvalue weighted by Gasteiger charge is 2.51. The molecule has 0 saturated carbocycles. The largest absolute Gasteiger partial charge is 0.494 e. The first-order valence-corrected chi connectivity index (χ1v) is 7.46. The zero-order valence-electron chi connectivity index (χ0n) is 13.5. The highest BCUT2D eigenvalue weighted by molar-refractivity contribution is 6.62. The Balaban J connectivity index is 1.89. The Morgan fingerprint density at radius 1 is 1.27 bits per heavy atom. The van der Waals surface area contributed by atoms with Gasteiger partial charge in [0.15, 0.2) is 0 Å². The van der Waals surface area contributed by atoms with Gasteiger partial charge in [-0.25, -0.2) is 0 Å². The highest BCUT2D eigenvalue weighted by Crippen LogP contribution is 2.36. The molecule has 0 spiro atoms. The minimum atomic E-state index is -0.454. The number of amides is 1. The standard InChI is InChI=1S/C17H20BNO3/c1-6-9-19-11-12-7-8-13(10-14(12)15(19)20)18-21-16(2,3)17(4,5)22-18/h1,7-8,10H,9,11H2,2-5H3. The molecular weight excluding hydrogens is 277 g/mol. The molecule has 0 aliphatic carbocycles. The lowest BCUT2D eigenvalue weighted by molar-refractivity contribution is 0.00578. The van der Waals surface area contributed by atoms with E-state index in [4.69, 9.17) is 15.7 Å². The van der Waals surface area contributed by atoms with Crippen LogP contribution in [0.2, 0.25) is 0 Å². The van der Waals surface area contributed by atoms with Crippen LogP contribution in [0.15, 0.2) is 18.2 Å². The zero-order chi connectivity index (χ0) is 16.1. The molecule has 0 bridgehead atoms. The summed E-state index contributed by atoms with van der Waals surface area (Å²) < 4.78 is 12.1. The van der Waals surface area contributed by atoms with Crippen LogP contribution in [0.5, 0.6) is 0 Å². The lowest BCUT2D eigenvalue weighted by Gasteiger charge is -2.32. The van der Waals surface area contributed by atoms with Crippen LogP contribution in [0.3, 0.4) is 0 Å². The topological polar surface area (TPSA) is 38.8 Å². The summed E-state index contributed by atoms with van der Waals surface area (Å²) in [5, 5.41) is 0. The van der Waals surface area contributed by atoms with E-state index in [1.807, 2.05) is 45.9 Å². The van der Waals surface area contributed by atoms with Gasteiger partial charge in [0, 0.05) is 12.1 Å². The van der Waals surface area contributed by atoms with E-state index >= 15 is 0 Å². The third kappa shape index (κ3) is 2.23. The van der Waals surface area contributed by atoms with Crippen molar-refractivity contribution in [3.05, 3.63) is 29.3 Å². The molecular formula is C17H20BNO3. The molecule has 1 aromatic carbocycles. The maximum Gasteiger partial charge on any atom is 0.494 e. The molecule has 2 aliphatic heterocycles. The van der Waals surface area contributed by atoms with Gasteiger partial charge in [0.05, 0.1) is 17.7 Å². The van der Waals surface area contributed by atoms with Crippen LogP contribution >= 0.6 is 0 Å². The summed E-state index contributed by atoms with van der Waals surface area (Å²) in [6, 6.07) is 5.80. The molecule has 0 unspecified atom stereocenters. The predicted octanol–water partition coefficient (Wildman–Crippen LogP) is 1.57. The average molecular weight is 297 g/mol. The first kappa shape index (κ1) is 15.1. The molecule has 2 aliphatic rings. The van der Waals surface area contributed by atoms with Gasteiger partial charge in [0.2, 0.25) is 0 Å². The molecule has 1 fully saturated rings. The summed E-state index contributed by atoms with van der Waals surface area (Å²) in [5.41, 5.74) is 1.78. The molecule has 114 valence electrons. The van der Waals surface area contributed by atoms with Crippen LogP contribution in [0.4, 0.5) is 0 Å². The molecule has 5 heteroatoms. The smallest absolute Gasteiger partial charge is 0.399 e. The van der Waals surface area contributed by atoms with E-state index in [1.54, 1.807) is 4.90 Å². The van der Waals surface area contributed by atoms with Gasteiger partial charge in [-0.15, -0.1) is 6.42 Å². The molecule has 0 aromatic heterocycles. The molecule has 0 radical (unpaired) electrons. The van der Waals surface area contributed by atoms with Gasteiger partial charge in [0.1, 0.15) is 0 Å². The number of carbonyl (C=O) groups is 1. The van der Waals surface area contributed by atoms with Crippen LogP contribution in [0.25, 0.3) is 0 Å². The summed E-state index contributed by atoms with van der Waals surface area (Å²) in [4.78, 5) is 14.0. The van der Waals surface area contributed by atoms with Gasteiger partial charge in [-0.2, -0.15) is 0 Å². The molecule has 1 aromatic rings. The maximum absolute atomic E-state index is 12.4. The normalized spacial score (nSPS) is 21.9. The van der Waals surface area contributed by atoms with E-state index in [9.17, 15) is 4.79 Å². The van der Waals surface area contributed by atoms with E-state index in [2.05, 4.69) is 5.92 Å². The number of fused-ring (bicyclic) bond motifs is 1. The monoisotopic (exact) mass is 297 g/mol. The Kier molecular flexibility index (Phi) is 3.35. The molecule has 1 saturated heterocycles. The lowest BCUT2D eigenvalue weighted by Crippen LogP contribution is -2.41. The van der Waals surface area contributed by atoms with E-state index in [0.29, 0.717) is 18.7 Å². The fourth-order valence-corrected chi connectivity index (χ4v) is 2.74. The number of hydrogen-bond acceptors (Lipinski definition) is 3. The van der Waals surface area contributed by atoms with Crippen LogP contribution < -0.4 is 5.46 Å². The van der Waals surface area contributed by atoms with E-state index in [-0.39, 0.29) is 5.91 Å². The molecule has 22 heavy (non-hydrogen) atoms. The van der Waals surface area contributed by atoms with Crippen LogP contribution in [0, 0.1) is 12.3 Å². The number of terminal acetylenes is 1. The van der Waals surface area contributed by atoms with Gasteiger partial charge in [-0.1, -0.05) is 18.1 Å². The Labute approximate surface area is 131 Å². The summed E-state index contributed by atoms with van der Waals surface area (Å²) in [7, 11) is -0.454. The van der Waals surface area contributed by atoms with Crippen molar-refractivity contribution < 1.29 is 14.1 Å². The van der Waals surface area contributed by atoms with Crippen molar-refractivity contribution in [2.75, 3.05) is 6.54 Å². The molecule has 1 amide bonds. The number of hydrogen-bond donors (Lipinski definition) is 0. The van der Waals surface area contributed by atoms with Gasteiger partial charge < -0.3 is 14.2 Å². The second kappa shape index (κ2) is 4.87. The Morgan fingerprint density at radius 2 is 1.91 bits per heavy atom. The second-order valence-corrected chi connectivity index (χ2v) is 6.87. The quantitative estimate of drug-likeness (QED) is 0.614. The zero-order valence-corrected chi connectivity index (χ0v) is 13.5. The van der Waals surface area contributed by atoms with Crippen LogP contribution in [-0.2, 0) is 15.9 Å². The molecule has 4 nitrogen and oxygen atoms in total. The predicted molar refractivity (Wildman–Crippen MR) is 85.7 cm³/mol. The summed E-state index contributed by atoms with van der Waals surface area (Å²) in [6.07, 6.45) is 5.31. The maximum atomic E-state index is 12.4.